The van der Waals surface area contributed by atoms with Gasteiger partial charge in [0.25, 0.3) is 0 Å². The number of hydrogen-bond donors (Lipinski definition) is 0. The van der Waals surface area contributed by atoms with Crippen LogP contribution in [0.15, 0.2) is 212 Å². The number of rotatable bonds is 5. The van der Waals surface area contributed by atoms with E-state index in [2.05, 4.69) is 212 Å². The van der Waals surface area contributed by atoms with Crippen molar-refractivity contribution in [1.29, 1.82) is 0 Å². The summed E-state index contributed by atoms with van der Waals surface area (Å²) in [6.07, 6.45) is 0. The Balaban J connectivity index is 1.03. The maximum absolute atomic E-state index is 5.45. The van der Waals surface area contributed by atoms with Crippen LogP contribution in [0.4, 0.5) is 0 Å². The molecule has 2 aromatic heterocycles. The zero-order valence-electron chi connectivity index (χ0n) is 33.5. The van der Waals surface area contributed by atoms with E-state index in [1.807, 2.05) is 11.3 Å². The highest BCUT2D eigenvalue weighted by molar-refractivity contribution is 7.26. The lowest BCUT2D eigenvalue weighted by molar-refractivity contribution is 0.794. The highest BCUT2D eigenvalue weighted by Crippen LogP contribution is 2.64. The van der Waals surface area contributed by atoms with Gasteiger partial charge in [0, 0.05) is 36.9 Å². The minimum atomic E-state index is -0.550. The van der Waals surface area contributed by atoms with Crippen LogP contribution in [0.2, 0.25) is 0 Å². The first kappa shape index (κ1) is 35.0. The van der Waals surface area contributed by atoms with Crippen molar-refractivity contribution in [3.05, 3.63) is 235 Å². The molecule has 288 valence electrons. The average molecular weight is 806 g/mol. The molecule has 0 saturated carbocycles. The van der Waals surface area contributed by atoms with Gasteiger partial charge in [0.1, 0.15) is 0 Å². The van der Waals surface area contributed by atoms with Crippen molar-refractivity contribution in [2.24, 2.45) is 0 Å². The van der Waals surface area contributed by atoms with Crippen molar-refractivity contribution in [1.82, 2.24) is 15.0 Å². The number of aromatic nitrogens is 3. The summed E-state index contributed by atoms with van der Waals surface area (Å²) in [6, 6.07) is 76.6. The fourth-order valence-corrected chi connectivity index (χ4v) is 11.6. The Bertz CT molecular complexity index is 3520. The van der Waals surface area contributed by atoms with Crippen LogP contribution in [0, 0.1) is 0 Å². The van der Waals surface area contributed by atoms with Gasteiger partial charge in [0.15, 0.2) is 17.5 Å². The van der Waals surface area contributed by atoms with Crippen LogP contribution < -0.4 is 0 Å². The Morgan fingerprint density at radius 3 is 1.53 bits per heavy atom. The van der Waals surface area contributed by atoms with Crippen LogP contribution >= 0.6 is 11.3 Å². The fraction of sp³-hybridized carbons (Fsp3) is 0.0172. The van der Waals surface area contributed by atoms with Gasteiger partial charge in [-0.05, 0) is 78.9 Å². The Kier molecular flexibility index (Phi) is 7.69. The average Bonchev–Trinajstić information content (AvgIpc) is 3.99. The molecule has 0 N–H and O–H groups in total. The van der Waals surface area contributed by atoms with E-state index >= 15 is 0 Å². The maximum atomic E-state index is 5.45. The Morgan fingerprint density at radius 1 is 0.306 bits per heavy atom. The third-order valence-electron chi connectivity index (χ3n) is 13.0. The third kappa shape index (κ3) is 5.08. The smallest absolute Gasteiger partial charge is 0.164 e. The van der Waals surface area contributed by atoms with E-state index in [0.717, 1.165) is 33.4 Å². The molecule has 0 radical (unpaired) electrons. The lowest BCUT2D eigenvalue weighted by atomic mass is 9.69. The van der Waals surface area contributed by atoms with Gasteiger partial charge in [-0.15, -0.1) is 11.3 Å². The molecule has 9 aromatic carbocycles. The predicted molar refractivity (Wildman–Crippen MR) is 256 cm³/mol. The van der Waals surface area contributed by atoms with Crippen molar-refractivity contribution < 1.29 is 0 Å². The predicted octanol–water partition coefficient (Wildman–Crippen LogP) is 14.9. The third-order valence-corrected chi connectivity index (χ3v) is 14.2. The molecule has 0 saturated heterocycles. The summed E-state index contributed by atoms with van der Waals surface area (Å²) in [4.78, 5) is 16.2. The quantitative estimate of drug-likeness (QED) is 0.174. The van der Waals surface area contributed by atoms with E-state index in [-0.39, 0.29) is 0 Å². The summed E-state index contributed by atoms with van der Waals surface area (Å²) in [5.41, 5.74) is 17.0. The van der Waals surface area contributed by atoms with Gasteiger partial charge >= 0.3 is 0 Å². The monoisotopic (exact) mass is 805 g/mol. The molecular weight excluding hydrogens is 771 g/mol. The summed E-state index contributed by atoms with van der Waals surface area (Å²) >= 11 is 1.85. The minimum Gasteiger partial charge on any atom is -0.208 e. The van der Waals surface area contributed by atoms with Crippen molar-refractivity contribution in [3.63, 3.8) is 0 Å². The molecule has 2 aliphatic rings. The van der Waals surface area contributed by atoms with E-state index < -0.39 is 5.41 Å². The van der Waals surface area contributed by atoms with E-state index in [9.17, 15) is 0 Å². The molecule has 2 heterocycles. The number of nitrogens with zero attached hydrogens (tertiary/aromatic N) is 3. The number of thiophene rings is 1. The first-order chi connectivity index (χ1) is 30.7. The van der Waals surface area contributed by atoms with Gasteiger partial charge in [-0.3, -0.25) is 0 Å². The molecule has 2 aliphatic carbocycles. The SMILES string of the molecule is c1ccc(-c2cccc(-c3nc(-c4ccc(-c5cccc6c5sc5ccccc56)cc4)nc(-c4cccc5c4C4(c6ccccc6-c6ccccc64)c4ccccc4-5)n3)c2)cc1. The zero-order chi connectivity index (χ0) is 40.8. The number of hydrogen-bond acceptors (Lipinski definition) is 4. The molecule has 4 heteroatoms. The highest BCUT2D eigenvalue weighted by Gasteiger charge is 2.52. The van der Waals surface area contributed by atoms with Crippen LogP contribution in [0.5, 0.6) is 0 Å². The van der Waals surface area contributed by atoms with Gasteiger partial charge in [0.2, 0.25) is 0 Å². The number of benzene rings is 9. The lowest BCUT2D eigenvalue weighted by Crippen LogP contribution is -2.26. The van der Waals surface area contributed by atoms with Gasteiger partial charge in [0.05, 0.1) is 5.41 Å². The fourth-order valence-electron chi connectivity index (χ4n) is 10.3. The van der Waals surface area contributed by atoms with Gasteiger partial charge in [-0.25, -0.2) is 15.0 Å². The maximum Gasteiger partial charge on any atom is 0.164 e. The lowest BCUT2D eigenvalue weighted by Gasteiger charge is -2.31. The van der Waals surface area contributed by atoms with Crippen molar-refractivity contribution in [3.8, 4) is 78.7 Å². The summed E-state index contributed by atoms with van der Waals surface area (Å²) in [5.74, 6) is 1.92. The Morgan fingerprint density at radius 2 is 0.790 bits per heavy atom. The molecule has 13 rings (SSSR count). The second kappa shape index (κ2) is 13.6. The molecule has 0 amide bonds. The van der Waals surface area contributed by atoms with E-state index in [1.165, 1.54) is 70.2 Å². The van der Waals surface area contributed by atoms with Crippen molar-refractivity contribution >= 4 is 31.5 Å². The first-order valence-corrected chi connectivity index (χ1v) is 21.9. The molecule has 0 unspecified atom stereocenters. The summed E-state index contributed by atoms with van der Waals surface area (Å²) in [6.45, 7) is 0. The second-order valence-electron chi connectivity index (χ2n) is 16.2. The Labute approximate surface area is 363 Å². The number of fused-ring (bicyclic) bond motifs is 13. The minimum absolute atomic E-state index is 0.550. The van der Waals surface area contributed by atoms with Gasteiger partial charge in [-0.2, -0.15) is 0 Å². The molecule has 3 nitrogen and oxygen atoms in total. The van der Waals surface area contributed by atoms with Crippen molar-refractivity contribution in [2.75, 3.05) is 0 Å². The topological polar surface area (TPSA) is 38.7 Å². The van der Waals surface area contributed by atoms with Crippen LogP contribution in [-0.4, -0.2) is 15.0 Å². The second-order valence-corrected chi connectivity index (χ2v) is 17.3. The normalized spacial score (nSPS) is 13.0. The molecule has 0 fully saturated rings. The zero-order valence-corrected chi connectivity index (χ0v) is 34.3. The van der Waals surface area contributed by atoms with Crippen molar-refractivity contribution in [2.45, 2.75) is 5.41 Å². The van der Waals surface area contributed by atoms with Crippen LogP contribution in [-0.2, 0) is 5.41 Å². The first-order valence-electron chi connectivity index (χ1n) is 21.1. The molecule has 0 aliphatic heterocycles. The summed E-state index contributed by atoms with van der Waals surface area (Å²) in [5, 5.41) is 2.59. The standard InChI is InChI=1S/C58H35N3S/c1-2-15-36(16-3-1)39-17-12-18-40(35-39)56-59-55(38-33-31-37(32-34-38)41-23-13-25-47-45-22-7-11-30-52(45)62-54(41)47)60-57(61-56)48-26-14-24-46-44-21-6-10-29-51(44)58(53(46)48)49-27-8-4-19-42(49)43-20-5-9-28-50(43)58/h1-35H. The molecule has 0 bridgehead atoms. The molecule has 0 atom stereocenters. The summed E-state index contributed by atoms with van der Waals surface area (Å²) < 4.78 is 2.60. The molecular formula is C58H35N3S. The van der Waals surface area contributed by atoms with Crippen LogP contribution in [0.25, 0.3) is 98.8 Å². The van der Waals surface area contributed by atoms with Crippen LogP contribution in [0.1, 0.15) is 22.3 Å². The molecule has 11 aromatic rings. The van der Waals surface area contributed by atoms with E-state index in [0.29, 0.717) is 17.5 Å². The van der Waals surface area contributed by atoms with Gasteiger partial charge < -0.3 is 0 Å². The van der Waals surface area contributed by atoms with E-state index in [4.69, 9.17) is 15.0 Å². The Hall–Kier alpha value is -7.79. The summed E-state index contributed by atoms with van der Waals surface area (Å²) in [7, 11) is 0. The van der Waals surface area contributed by atoms with Crippen LogP contribution in [0.3, 0.4) is 0 Å². The highest BCUT2D eigenvalue weighted by atomic mass is 32.1. The molecule has 1 spiro atoms. The van der Waals surface area contributed by atoms with E-state index in [1.54, 1.807) is 0 Å². The largest absolute Gasteiger partial charge is 0.208 e. The van der Waals surface area contributed by atoms with Gasteiger partial charge in [-0.1, -0.05) is 200 Å². The molecule has 62 heavy (non-hydrogen) atoms.